The van der Waals surface area contributed by atoms with Gasteiger partial charge in [0.25, 0.3) is 5.91 Å². The van der Waals surface area contributed by atoms with E-state index in [1.807, 2.05) is 12.1 Å². The lowest BCUT2D eigenvalue weighted by atomic mass is 10.1. The summed E-state index contributed by atoms with van der Waals surface area (Å²) in [5.74, 6) is -0.0205. The van der Waals surface area contributed by atoms with Crippen molar-refractivity contribution in [2.75, 3.05) is 10.6 Å². The summed E-state index contributed by atoms with van der Waals surface area (Å²) < 4.78 is 5.22. The number of para-hydroxylation sites is 1. The van der Waals surface area contributed by atoms with E-state index >= 15 is 0 Å². The fraction of sp³-hybridized carbons (Fsp3) is 0.174. The van der Waals surface area contributed by atoms with Gasteiger partial charge in [0.15, 0.2) is 0 Å². The van der Waals surface area contributed by atoms with Crippen molar-refractivity contribution in [3.63, 3.8) is 0 Å². The van der Waals surface area contributed by atoms with Crippen LogP contribution < -0.4 is 16.0 Å². The van der Waals surface area contributed by atoms with Crippen molar-refractivity contribution in [1.29, 1.82) is 0 Å². The summed E-state index contributed by atoms with van der Waals surface area (Å²) in [6.07, 6.45) is 1.54. The topological polar surface area (TPSA) is 100 Å². The van der Waals surface area contributed by atoms with Crippen molar-refractivity contribution < 1.29 is 18.8 Å². The Morgan fingerprint density at radius 1 is 0.968 bits per heavy atom. The van der Waals surface area contributed by atoms with Crippen LogP contribution in [0.4, 0.5) is 11.4 Å². The minimum atomic E-state index is -0.397. The molecule has 1 unspecified atom stereocenters. The molecule has 3 aromatic rings. The number of thioether (sulfide) groups is 1. The van der Waals surface area contributed by atoms with Crippen molar-refractivity contribution in [3.8, 4) is 0 Å². The van der Waals surface area contributed by atoms with Crippen molar-refractivity contribution in [2.24, 2.45) is 0 Å². The second kappa shape index (κ2) is 10.5. The number of amides is 3. The van der Waals surface area contributed by atoms with Gasteiger partial charge in [0.2, 0.25) is 11.8 Å². The molecular weight excluding hydrogens is 414 g/mol. The molecule has 0 saturated carbocycles. The van der Waals surface area contributed by atoms with Crippen LogP contribution in [0.2, 0.25) is 0 Å². The maximum atomic E-state index is 12.7. The number of carbonyl (C=O) groups excluding carboxylic acids is 3. The zero-order valence-corrected chi connectivity index (χ0v) is 18.0. The minimum Gasteiger partial charge on any atom is -0.467 e. The molecule has 0 aliphatic heterocycles. The zero-order valence-electron chi connectivity index (χ0n) is 17.2. The first-order valence-corrected chi connectivity index (χ1v) is 10.5. The number of benzene rings is 2. The molecule has 0 aliphatic rings. The first-order valence-electron chi connectivity index (χ1n) is 9.67. The highest BCUT2D eigenvalue weighted by Gasteiger charge is 2.18. The summed E-state index contributed by atoms with van der Waals surface area (Å²) in [5, 5.41) is 7.93. The van der Waals surface area contributed by atoms with E-state index in [2.05, 4.69) is 16.0 Å². The number of carbonyl (C=O) groups is 3. The molecule has 31 heavy (non-hydrogen) atoms. The van der Waals surface area contributed by atoms with Crippen LogP contribution in [-0.4, -0.2) is 23.0 Å². The Kier molecular flexibility index (Phi) is 7.50. The molecule has 0 fully saturated rings. The van der Waals surface area contributed by atoms with E-state index in [1.165, 1.54) is 18.7 Å². The van der Waals surface area contributed by atoms with E-state index in [4.69, 9.17) is 4.42 Å². The van der Waals surface area contributed by atoms with E-state index in [-0.39, 0.29) is 24.3 Å². The summed E-state index contributed by atoms with van der Waals surface area (Å²) in [5.41, 5.74) is 1.51. The number of hydrogen-bond donors (Lipinski definition) is 3. The Hall–Kier alpha value is -3.52. The van der Waals surface area contributed by atoms with Gasteiger partial charge >= 0.3 is 0 Å². The molecular formula is C23H23N3O4S. The normalized spacial score (nSPS) is 11.4. The first kappa shape index (κ1) is 22.2. The fourth-order valence-electron chi connectivity index (χ4n) is 2.78. The molecule has 3 amide bonds. The lowest BCUT2D eigenvalue weighted by molar-refractivity contribution is -0.115. The van der Waals surface area contributed by atoms with Gasteiger partial charge in [-0.2, -0.15) is 0 Å². The van der Waals surface area contributed by atoms with Gasteiger partial charge < -0.3 is 20.4 Å². The molecule has 3 N–H and O–H groups in total. The molecule has 0 saturated heterocycles. The molecule has 0 bridgehead atoms. The Bertz CT molecular complexity index is 1050. The van der Waals surface area contributed by atoms with E-state index in [0.29, 0.717) is 22.7 Å². The van der Waals surface area contributed by atoms with Crippen molar-refractivity contribution in [1.82, 2.24) is 5.32 Å². The van der Waals surface area contributed by atoms with Crippen molar-refractivity contribution in [3.05, 3.63) is 78.3 Å². The Morgan fingerprint density at radius 3 is 2.39 bits per heavy atom. The smallest absolute Gasteiger partial charge is 0.253 e. The van der Waals surface area contributed by atoms with Gasteiger partial charge in [-0.1, -0.05) is 12.1 Å². The van der Waals surface area contributed by atoms with Crippen LogP contribution in [0, 0.1) is 0 Å². The van der Waals surface area contributed by atoms with Crippen LogP contribution in [0.25, 0.3) is 0 Å². The third kappa shape index (κ3) is 6.48. The van der Waals surface area contributed by atoms with Crippen molar-refractivity contribution in [2.45, 2.75) is 30.5 Å². The molecule has 1 heterocycles. The maximum absolute atomic E-state index is 12.7. The maximum Gasteiger partial charge on any atom is 0.253 e. The molecule has 7 nitrogen and oxygen atoms in total. The van der Waals surface area contributed by atoms with Crippen LogP contribution in [-0.2, 0) is 16.1 Å². The number of anilines is 2. The van der Waals surface area contributed by atoms with Gasteiger partial charge in [-0.25, -0.2) is 0 Å². The highest BCUT2D eigenvalue weighted by Crippen LogP contribution is 2.26. The molecule has 8 heteroatoms. The molecule has 2 aromatic carbocycles. The lowest BCUT2D eigenvalue weighted by Crippen LogP contribution is -2.27. The molecule has 1 atom stereocenters. The highest BCUT2D eigenvalue weighted by molar-refractivity contribution is 8.00. The monoisotopic (exact) mass is 437 g/mol. The average molecular weight is 438 g/mol. The highest BCUT2D eigenvalue weighted by atomic mass is 32.2. The van der Waals surface area contributed by atoms with E-state index in [9.17, 15) is 14.4 Å². The molecule has 1 aromatic heterocycles. The fourth-order valence-corrected chi connectivity index (χ4v) is 3.65. The van der Waals surface area contributed by atoms with Gasteiger partial charge in [-0.05, 0) is 55.5 Å². The Morgan fingerprint density at radius 2 is 1.71 bits per heavy atom. The quantitative estimate of drug-likeness (QED) is 0.457. The molecule has 160 valence electrons. The lowest BCUT2D eigenvalue weighted by Gasteiger charge is -2.15. The van der Waals surface area contributed by atoms with Gasteiger partial charge in [0.05, 0.1) is 29.3 Å². The van der Waals surface area contributed by atoms with Gasteiger partial charge in [-0.3, -0.25) is 14.4 Å². The average Bonchev–Trinajstić information content (AvgIpc) is 3.27. The van der Waals surface area contributed by atoms with E-state index < -0.39 is 5.25 Å². The molecule has 3 rings (SSSR count). The van der Waals surface area contributed by atoms with Crippen LogP contribution in [0.1, 0.15) is 30.0 Å². The van der Waals surface area contributed by atoms with Gasteiger partial charge in [0, 0.05) is 17.5 Å². The zero-order chi connectivity index (χ0) is 22.2. The van der Waals surface area contributed by atoms with Crippen LogP contribution in [0.5, 0.6) is 0 Å². The summed E-state index contributed by atoms with van der Waals surface area (Å²) in [4.78, 5) is 37.3. The van der Waals surface area contributed by atoms with Crippen LogP contribution in [0.3, 0.4) is 0 Å². The summed E-state index contributed by atoms with van der Waals surface area (Å²) in [6, 6.07) is 17.6. The summed E-state index contributed by atoms with van der Waals surface area (Å²) in [6.45, 7) is 3.50. The Balaban J connectivity index is 1.60. The van der Waals surface area contributed by atoms with E-state index in [0.717, 1.165) is 4.90 Å². The van der Waals surface area contributed by atoms with Crippen molar-refractivity contribution >= 4 is 40.9 Å². The largest absolute Gasteiger partial charge is 0.467 e. The van der Waals surface area contributed by atoms with E-state index in [1.54, 1.807) is 61.7 Å². The Labute approximate surface area is 184 Å². The predicted octanol–water partition coefficient (Wildman–Crippen LogP) is 4.29. The first-order chi connectivity index (χ1) is 14.9. The SMILES string of the molecule is CC(=O)Nc1ccc(SC(C)C(=O)Nc2ccccc2C(=O)NCc2ccco2)cc1. The van der Waals surface area contributed by atoms with Gasteiger partial charge in [-0.15, -0.1) is 11.8 Å². The third-order valence-electron chi connectivity index (χ3n) is 4.29. The number of nitrogens with one attached hydrogen (secondary N) is 3. The summed E-state index contributed by atoms with van der Waals surface area (Å²) in [7, 11) is 0. The number of furan rings is 1. The van der Waals surface area contributed by atoms with Crippen LogP contribution >= 0.6 is 11.8 Å². The molecule has 0 spiro atoms. The standard InChI is InChI=1S/C23H23N3O4S/c1-15(31-19-11-9-17(10-12-19)25-16(2)27)22(28)26-21-8-4-3-7-20(21)23(29)24-14-18-6-5-13-30-18/h3-13,15H,14H2,1-2H3,(H,24,29)(H,25,27)(H,26,28). The predicted molar refractivity (Wildman–Crippen MR) is 121 cm³/mol. The second-order valence-corrected chi connectivity index (χ2v) is 8.18. The molecule has 0 aliphatic carbocycles. The summed E-state index contributed by atoms with van der Waals surface area (Å²) >= 11 is 1.38. The second-order valence-electron chi connectivity index (χ2n) is 6.76. The minimum absolute atomic E-state index is 0.139. The van der Waals surface area contributed by atoms with Gasteiger partial charge in [0.1, 0.15) is 5.76 Å². The van der Waals surface area contributed by atoms with Crippen LogP contribution in [0.15, 0.2) is 76.2 Å². The molecule has 0 radical (unpaired) electrons. The number of rotatable bonds is 8. The number of hydrogen-bond acceptors (Lipinski definition) is 5. The third-order valence-corrected chi connectivity index (χ3v) is 5.40.